The van der Waals surface area contributed by atoms with Gasteiger partial charge in [0, 0.05) is 0 Å². The van der Waals surface area contributed by atoms with E-state index in [4.69, 9.17) is 5.26 Å². The summed E-state index contributed by atoms with van der Waals surface area (Å²) in [5, 5.41) is 8.15. The number of hydrogen-bond donors (Lipinski definition) is 0. The van der Waals surface area contributed by atoms with Crippen molar-refractivity contribution in [3.8, 4) is 6.07 Å². The maximum Gasteiger partial charge on any atom is 0.0663 e. The Balaban J connectivity index is 3.72. The Bertz CT molecular complexity index is 191. The first-order valence-corrected chi connectivity index (χ1v) is 3.14. The second kappa shape index (κ2) is 5.84. The molecule has 0 aliphatic heterocycles. The highest BCUT2D eigenvalue weighted by molar-refractivity contribution is 5.19. The summed E-state index contributed by atoms with van der Waals surface area (Å²) in [5.41, 5.74) is 1.11. The van der Waals surface area contributed by atoms with Crippen molar-refractivity contribution < 1.29 is 0 Å². The highest BCUT2D eigenvalue weighted by Crippen LogP contribution is 1.92. The van der Waals surface area contributed by atoms with Crippen LogP contribution < -0.4 is 0 Å². The van der Waals surface area contributed by atoms with Gasteiger partial charge in [0.1, 0.15) is 0 Å². The van der Waals surface area contributed by atoms with E-state index in [2.05, 4.69) is 6.58 Å². The molecule has 0 N–H and O–H groups in total. The molecule has 0 unspecified atom stereocenters. The van der Waals surface area contributed by atoms with Crippen molar-refractivity contribution >= 4 is 0 Å². The monoisotopic (exact) mass is 133 g/mol. The molecule has 0 aromatic carbocycles. The van der Waals surface area contributed by atoms with Crippen molar-refractivity contribution in [1.29, 1.82) is 5.26 Å². The molecule has 0 amide bonds. The van der Waals surface area contributed by atoms with Crippen LogP contribution in [0.4, 0.5) is 0 Å². The van der Waals surface area contributed by atoms with Gasteiger partial charge >= 0.3 is 0 Å². The fraction of sp³-hybridized carbons (Fsp3) is 0.222. The molecule has 0 atom stereocenters. The van der Waals surface area contributed by atoms with Crippen LogP contribution in [0.2, 0.25) is 0 Å². The molecule has 1 heteroatoms. The van der Waals surface area contributed by atoms with Crippen LogP contribution in [-0.4, -0.2) is 0 Å². The predicted molar refractivity (Wildman–Crippen MR) is 43.3 cm³/mol. The standard InChI is InChI=1S/C9H11N/c1-3-9(2)7-5-4-6-8-10/h3-5,7H,1,6H2,2H3/b5-4-,9-7-. The van der Waals surface area contributed by atoms with E-state index >= 15 is 0 Å². The lowest BCUT2D eigenvalue weighted by Gasteiger charge is -1.82. The van der Waals surface area contributed by atoms with Gasteiger partial charge in [-0.05, 0) is 6.92 Å². The number of allylic oxidation sites excluding steroid dienone is 5. The minimum Gasteiger partial charge on any atom is -0.198 e. The third-order valence-electron chi connectivity index (χ3n) is 1.03. The van der Waals surface area contributed by atoms with E-state index in [1.165, 1.54) is 0 Å². The van der Waals surface area contributed by atoms with Gasteiger partial charge in [-0.3, -0.25) is 0 Å². The van der Waals surface area contributed by atoms with E-state index in [1.807, 2.05) is 31.2 Å². The minimum absolute atomic E-state index is 0.473. The van der Waals surface area contributed by atoms with Crippen molar-refractivity contribution in [1.82, 2.24) is 0 Å². The Kier molecular flexibility index (Phi) is 5.09. The lowest BCUT2D eigenvalue weighted by atomic mass is 10.2. The first kappa shape index (κ1) is 8.71. The average molecular weight is 133 g/mol. The lowest BCUT2D eigenvalue weighted by Crippen LogP contribution is -1.62. The van der Waals surface area contributed by atoms with E-state index in [1.54, 1.807) is 6.08 Å². The van der Waals surface area contributed by atoms with Gasteiger partial charge in [0.15, 0.2) is 0 Å². The summed E-state index contributed by atoms with van der Waals surface area (Å²) < 4.78 is 0. The molecule has 0 aromatic rings. The normalized spacial score (nSPS) is 11.4. The molecule has 10 heavy (non-hydrogen) atoms. The smallest absolute Gasteiger partial charge is 0.0663 e. The average Bonchev–Trinajstić information content (AvgIpc) is 1.98. The van der Waals surface area contributed by atoms with E-state index < -0.39 is 0 Å². The summed E-state index contributed by atoms with van der Waals surface area (Å²) in [6, 6.07) is 2.02. The third-order valence-corrected chi connectivity index (χ3v) is 1.03. The zero-order valence-corrected chi connectivity index (χ0v) is 6.17. The molecule has 1 nitrogen and oxygen atoms in total. The van der Waals surface area contributed by atoms with Gasteiger partial charge in [-0.15, -0.1) is 0 Å². The number of nitrogens with zero attached hydrogens (tertiary/aromatic N) is 1. The van der Waals surface area contributed by atoms with E-state index in [0.29, 0.717) is 6.42 Å². The minimum atomic E-state index is 0.473. The van der Waals surface area contributed by atoms with Crippen LogP contribution in [0.5, 0.6) is 0 Å². The number of hydrogen-bond acceptors (Lipinski definition) is 1. The maximum absolute atomic E-state index is 8.15. The van der Waals surface area contributed by atoms with Crippen LogP contribution in [0.15, 0.2) is 36.5 Å². The molecule has 0 saturated carbocycles. The van der Waals surface area contributed by atoms with Crippen molar-refractivity contribution in [3.05, 3.63) is 36.5 Å². The van der Waals surface area contributed by atoms with Gasteiger partial charge in [0.2, 0.25) is 0 Å². The van der Waals surface area contributed by atoms with Crippen molar-refractivity contribution in [3.63, 3.8) is 0 Å². The topological polar surface area (TPSA) is 23.8 Å². The summed E-state index contributed by atoms with van der Waals surface area (Å²) in [6.45, 7) is 5.55. The molecule has 0 saturated heterocycles. The first-order valence-electron chi connectivity index (χ1n) is 3.14. The molecule has 0 bridgehead atoms. The highest BCUT2D eigenvalue weighted by Gasteiger charge is 1.73. The zero-order chi connectivity index (χ0) is 7.82. The molecule has 0 spiro atoms. The largest absolute Gasteiger partial charge is 0.198 e. The van der Waals surface area contributed by atoms with Crippen LogP contribution in [0.1, 0.15) is 13.3 Å². The van der Waals surface area contributed by atoms with Crippen molar-refractivity contribution in [2.75, 3.05) is 0 Å². The Labute approximate surface area is 62.0 Å². The third kappa shape index (κ3) is 4.86. The Hall–Kier alpha value is -1.29. The number of nitriles is 1. The molecule has 0 heterocycles. The molecule has 0 radical (unpaired) electrons. The molecular formula is C9H11N. The predicted octanol–water partition coefficient (Wildman–Crippen LogP) is 2.59. The molecule has 0 aliphatic carbocycles. The molecular weight excluding hydrogens is 122 g/mol. The molecule has 52 valence electrons. The summed E-state index contributed by atoms with van der Waals surface area (Å²) >= 11 is 0. The van der Waals surface area contributed by atoms with Gasteiger partial charge in [-0.2, -0.15) is 5.26 Å². The number of rotatable bonds is 3. The van der Waals surface area contributed by atoms with Crippen LogP contribution in [0.3, 0.4) is 0 Å². The Morgan fingerprint density at radius 3 is 2.90 bits per heavy atom. The fourth-order valence-electron chi connectivity index (χ4n) is 0.409. The fourth-order valence-corrected chi connectivity index (χ4v) is 0.409. The zero-order valence-electron chi connectivity index (χ0n) is 6.17. The second-order valence-corrected chi connectivity index (χ2v) is 1.91. The van der Waals surface area contributed by atoms with E-state index in [-0.39, 0.29) is 0 Å². The maximum atomic E-state index is 8.15. The van der Waals surface area contributed by atoms with Gasteiger partial charge in [0.05, 0.1) is 12.5 Å². The quantitative estimate of drug-likeness (QED) is 0.543. The van der Waals surface area contributed by atoms with Crippen LogP contribution in [-0.2, 0) is 0 Å². The van der Waals surface area contributed by atoms with Gasteiger partial charge in [-0.25, -0.2) is 0 Å². The van der Waals surface area contributed by atoms with Gasteiger partial charge in [0.25, 0.3) is 0 Å². The van der Waals surface area contributed by atoms with Crippen LogP contribution in [0.25, 0.3) is 0 Å². The summed E-state index contributed by atoms with van der Waals surface area (Å²) in [6.07, 6.45) is 7.84. The Morgan fingerprint density at radius 2 is 2.40 bits per heavy atom. The van der Waals surface area contributed by atoms with Gasteiger partial charge in [-0.1, -0.05) is 36.5 Å². The second-order valence-electron chi connectivity index (χ2n) is 1.91. The van der Waals surface area contributed by atoms with E-state index in [0.717, 1.165) is 5.57 Å². The lowest BCUT2D eigenvalue weighted by molar-refractivity contribution is 1.35. The molecule has 0 fully saturated rings. The van der Waals surface area contributed by atoms with E-state index in [9.17, 15) is 0 Å². The van der Waals surface area contributed by atoms with Crippen molar-refractivity contribution in [2.24, 2.45) is 0 Å². The SMILES string of the molecule is C=C/C(C)=C\C=C/CC#N. The van der Waals surface area contributed by atoms with Crippen LogP contribution in [0, 0.1) is 11.3 Å². The summed E-state index contributed by atoms with van der Waals surface area (Å²) in [7, 11) is 0. The first-order chi connectivity index (χ1) is 4.81. The van der Waals surface area contributed by atoms with Crippen LogP contribution >= 0.6 is 0 Å². The van der Waals surface area contributed by atoms with Gasteiger partial charge < -0.3 is 0 Å². The molecule has 0 aliphatic rings. The highest BCUT2D eigenvalue weighted by atomic mass is 14.2. The molecule has 0 rings (SSSR count). The van der Waals surface area contributed by atoms with Crippen molar-refractivity contribution in [2.45, 2.75) is 13.3 Å². The Morgan fingerprint density at radius 1 is 1.70 bits per heavy atom. The molecule has 0 aromatic heterocycles. The summed E-state index contributed by atoms with van der Waals surface area (Å²) in [5.74, 6) is 0. The summed E-state index contributed by atoms with van der Waals surface area (Å²) in [4.78, 5) is 0.